The standard InChI is InChI=1S/C51H31N3S/c52-32-38-17-12-24-44-49(38)55-48-28-27-36(31-45(48)51(44)42-22-6-4-20-40(42)41-21-5-7-23-43(41)51)34-14-10-13-33(29-34)35-15-11-16-37(30-35)50-53-46-25-8-9-26-47(46)54(50)39-18-2-1-3-19-39/h1-31H. The van der Waals surface area contributed by atoms with E-state index in [1.165, 1.54) is 38.3 Å². The van der Waals surface area contributed by atoms with Crippen LogP contribution < -0.4 is 0 Å². The van der Waals surface area contributed by atoms with Crippen LogP contribution in [0.15, 0.2) is 198 Å². The molecule has 1 aliphatic carbocycles. The minimum atomic E-state index is -0.553. The molecule has 9 aromatic rings. The van der Waals surface area contributed by atoms with Gasteiger partial charge < -0.3 is 0 Å². The van der Waals surface area contributed by atoms with Crippen LogP contribution in [-0.2, 0) is 5.41 Å². The number of fused-ring (bicyclic) bond motifs is 10. The van der Waals surface area contributed by atoms with Crippen molar-refractivity contribution in [3.8, 4) is 56.5 Å². The molecule has 0 bridgehead atoms. The van der Waals surface area contributed by atoms with E-state index in [1.54, 1.807) is 11.8 Å². The average molecular weight is 718 g/mol. The number of rotatable bonds is 4. The summed E-state index contributed by atoms with van der Waals surface area (Å²) in [5, 5.41) is 10.3. The summed E-state index contributed by atoms with van der Waals surface area (Å²) in [5.41, 5.74) is 16.4. The van der Waals surface area contributed by atoms with Gasteiger partial charge in [-0.2, -0.15) is 5.26 Å². The van der Waals surface area contributed by atoms with Crippen molar-refractivity contribution in [3.05, 3.63) is 216 Å². The normalized spacial score (nSPS) is 13.1. The van der Waals surface area contributed by atoms with E-state index in [1.807, 2.05) is 24.3 Å². The third-order valence-corrected chi connectivity index (χ3v) is 12.5. The number of hydrogen-bond donors (Lipinski definition) is 0. The topological polar surface area (TPSA) is 41.6 Å². The molecular weight excluding hydrogens is 687 g/mol. The SMILES string of the molecule is N#Cc1cccc2c1Sc1ccc(-c3cccc(-c4cccc(-c5nc6ccccc6n5-c5ccccc5)c4)c3)cc1C21c2ccccc2-c2ccccc21. The molecule has 0 radical (unpaired) electrons. The predicted molar refractivity (Wildman–Crippen MR) is 224 cm³/mol. The maximum atomic E-state index is 10.3. The fourth-order valence-corrected chi connectivity index (χ4v) is 10.2. The number of benzene rings is 8. The van der Waals surface area contributed by atoms with Crippen molar-refractivity contribution in [1.29, 1.82) is 5.26 Å². The first kappa shape index (κ1) is 31.6. The third kappa shape index (κ3) is 4.67. The van der Waals surface area contributed by atoms with Crippen LogP contribution >= 0.6 is 11.8 Å². The molecule has 55 heavy (non-hydrogen) atoms. The largest absolute Gasteiger partial charge is 0.292 e. The Balaban J connectivity index is 1.06. The molecule has 11 rings (SSSR count). The molecular formula is C51H31N3S. The zero-order chi connectivity index (χ0) is 36.5. The van der Waals surface area contributed by atoms with Gasteiger partial charge in [0.25, 0.3) is 0 Å². The fraction of sp³-hybridized carbons (Fsp3) is 0.0196. The second-order valence-electron chi connectivity index (χ2n) is 14.2. The van der Waals surface area contributed by atoms with Crippen molar-refractivity contribution < 1.29 is 0 Å². The van der Waals surface area contributed by atoms with Gasteiger partial charge >= 0.3 is 0 Å². The van der Waals surface area contributed by atoms with Crippen molar-refractivity contribution in [2.24, 2.45) is 0 Å². The highest BCUT2D eigenvalue weighted by Gasteiger charge is 2.50. The van der Waals surface area contributed by atoms with Gasteiger partial charge in [-0.25, -0.2) is 4.98 Å². The first-order valence-corrected chi connectivity index (χ1v) is 19.3. The predicted octanol–water partition coefficient (Wildman–Crippen LogP) is 12.7. The second kappa shape index (κ2) is 12.3. The first-order chi connectivity index (χ1) is 27.2. The molecule has 1 aliphatic heterocycles. The summed E-state index contributed by atoms with van der Waals surface area (Å²) >= 11 is 1.72. The summed E-state index contributed by atoms with van der Waals surface area (Å²) in [5.74, 6) is 0.917. The molecule has 4 heteroatoms. The van der Waals surface area contributed by atoms with Crippen LogP contribution in [-0.4, -0.2) is 9.55 Å². The minimum Gasteiger partial charge on any atom is -0.292 e. The van der Waals surface area contributed by atoms with Gasteiger partial charge in [-0.15, -0.1) is 0 Å². The summed E-state index contributed by atoms with van der Waals surface area (Å²) < 4.78 is 2.25. The van der Waals surface area contributed by atoms with Gasteiger partial charge in [0.05, 0.1) is 22.0 Å². The summed E-state index contributed by atoms with van der Waals surface area (Å²) in [7, 11) is 0. The number of nitriles is 1. The molecule has 0 N–H and O–H groups in total. The summed E-state index contributed by atoms with van der Waals surface area (Å²) in [4.78, 5) is 7.35. The van der Waals surface area contributed by atoms with Gasteiger partial charge in [0.1, 0.15) is 11.9 Å². The maximum absolute atomic E-state index is 10.3. The lowest BCUT2D eigenvalue weighted by Gasteiger charge is -2.40. The van der Waals surface area contributed by atoms with E-state index < -0.39 is 5.41 Å². The van der Waals surface area contributed by atoms with E-state index in [9.17, 15) is 5.26 Å². The number of nitrogens with zero attached hydrogens (tertiary/aromatic N) is 3. The Bertz CT molecular complexity index is 3000. The Morgan fingerprint density at radius 2 is 1.07 bits per heavy atom. The Labute approximate surface area is 323 Å². The third-order valence-electron chi connectivity index (χ3n) is 11.3. The first-order valence-electron chi connectivity index (χ1n) is 18.5. The smallest absolute Gasteiger partial charge is 0.145 e. The molecule has 0 unspecified atom stereocenters. The number of para-hydroxylation sites is 3. The van der Waals surface area contributed by atoms with Crippen molar-refractivity contribution in [3.63, 3.8) is 0 Å². The molecule has 0 atom stereocenters. The number of hydrogen-bond acceptors (Lipinski definition) is 3. The number of aromatic nitrogens is 2. The van der Waals surface area contributed by atoms with Gasteiger partial charge in [0.2, 0.25) is 0 Å². The molecule has 256 valence electrons. The van der Waals surface area contributed by atoms with Crippen LogP contribution in [0, 0.1) is 11.3 Å². The van der Waals surface area contributed by atoms with Crippen molar-refractivity contribution in [2.45, 2.75) is 15.2 Å². The molecule has 8 aromatic carbocycles. The highest BCUT2D eigenvalue weighted by Crippen LogP contribution is 2.62. The Morgan fingerprint density at radius 1 is 0.491 bits per heavy atom. The van der Waals surface area contributed by atoms with Gasteiger partial charge in [0, 0.05) is 21.0 Å². The Morgan fingerprint density at radius 3 is 1.80 bits per heavy atom. The monoisotopic (exact) mass is 717 g/mol. The van der Waals surface area contributed by atoms with E-state index in [0.717, 1.165) is 55.3 Å². The molecule has 2 aliphatic rings. The zero-order valence-electron chi connectivity index (χ0n) is 29.6. The van der Waals surface area contributed by atoms with Crippen molar-refractivity contribution >= 4 is 22.8 Å². The fourth-order valence-electron chi connectivity index (χ4n) is 8.97. The Hall–Kier alpha value is -6.93. The van der Waals surface area contributed by atoms with Crippen LogP contribution in [0.2, 0.25) is 0 Å². The molecule has 2 heterocycles. The second-order valence-corrected chi connectivity index (χ2v) is 15.3. The summed E-state index contributed by atoms with van der Waals surface area (Å²) in [6, 6.07) is 69.7. The molecule has 0 amide bonds. The van der Waals surface area contributed by atoms with Crippen LogP contribution in [0.5, 0.6) is 0 Å². The van der Waals surface area contributed by atoms with Gasteiger partial charge in [0.15, 0.2) is 0 Å². The van der Waals surface area contributed by atoms with Crippen LogP contribution in [0.3, 0.4) is 0 Å². The average Bonchev–Trinajstić information content (AvgIpc) is 3.79. The zero-order valence-corrected chi connectivity index (χ0v) is 30.5. The minimum absolute atomic E-state index is 0.553. The van der Waals surface area contributed by atoms with Crippen LogP contribution in [0.1, 0.15) is 27.8 Å². The summed E-state index contributed by atoms with van der Waals surface area (Å²) in [6.07, 6.45) is 0. The quantitative estimate of drug-likeness (QED) is 0.182. The summed E-state index contributed by atoms with van der Waals surface area (Å²) in [6.45, 7) is 0. The molecule has 0 saturated carbocycles. The highest BCUT2D eigenvalue weighted by molar-refractivity contribution is 7.99. The molecule has 1 aromatic heterocycles. The molecule has 1 spiro atoms. The van der Waals surface area contributed by atoms with Gasteiger partial charge in [-0.3, -0.25) is 4.57 Å². The maximum Gasteiger partial charge on any atom is 0.145 e. The van der Waals surface area contributed by atoms with Crippen molar-refractivity contribution in [2.75, 3.05) is 0 Å². The van der Waals surface area contributed by atoms with E-state index >= 15 is 0 Å². The highest BCUT2D eigenvalue weighted by atomic mass is 32.2. The van der Waals surface area contributed by atoms with Crippen LogP contribution in [0.25, 0.3) is 61.5 Å². The molecule has 0 saturated heterocycles. The van der Waals surface area contributed by atoms with E-state index in [-0.39, 0.29) is 0 Å². The van der Waals surface area contributed by atoms with E-state index in [0.29, 0.717) is 5.56 Å². The lowest BCUT2D eigenvalue weighted by atomic mass is 9.66. The molecule has 0 fully saturated rings. The van der Waals surface area contributed by atoms with Gasteiger partial charge in [-0.1, -0.05) is 145 Å². The van der Waals surface area contributed by atoms with E-state index in [2.05, 4.69) is 174 Å². The molecule has 3 nitrogen and oxygen atoms in total. The van der Waals surface area contributed by atoms with Gasteiger partial charge in [-0.05, 0) is 110 Å². The van der Waals surface area contributed by atoms with Crippen LogP contribution in [0.4, 0.5) is 0 Å². The lowest BCUT2D eigenvalue weighted by Crippen LogP contribution is -2.32. The Kier molecular flexibility index (Phi) is 7.07. The lowest BCUT2D eigenvalue weighted by molar-refractivity contribution is 0.721. The van der Waals surface area contributed by atoms with Crippen molar-refractivity contribution in [1.82, 2.24) is 9.55 Å². The number of imidazole rings is 1. The van der Waals surface area contributed by atoms with E-state index in [4.69, 9.17) is 4.98 Å².